The molecular weight excluding hydrogens is 208 g/mol. The topological polar surface area (TPSA) is 27.0 Å². The Morgan fingerprint density at radius 1 is 1.29 bits per heavy atom. The Kier molecular flexibility index (Phi) is 3.22. The number of likely N-dealkylation sites (tertiary alicyclic amines) is 1. The van der Waals surface area contributed by atoms with Crippen LogP contribution in [-0.4, -0.2) is 17.0 Å². The van der Waals surface area contributed by atoms with Crippen LogP contribution >= 0.6 is 0 Å². The second-order valence-electron chi connectivity index (χ2n) is 5.72. The van der Waals surface area contributed by atoms with E-state index in [2.05, 4.69) is 37.8 Å². The molecule has 2 nitrogen and oxygen atoms in total. The molecule has 0 spiro atoms. The van der Waals surface area contributed by atoms with Crippen molar-refractivity contribution in [2.75, 3.05) is 6.54 Å². The highest BCUT2D eigenvalue weighted by molar-refractivity contribution is 5.40. The largest absolute Gasteiger partial charge is 0.291 e. The molecule has 0 N–H and O–H groups in total. The minimum absolute atomic E-state index is 0.170. The lowest BCUT2D eigenvalue weighted by atomic mass is 9.96. The van der Waals surface area contributed by atoms with Crippen molar-refractivity contribution in [2.24, 2.45) is 0 Å². The van der Waals surface area contributed by atoms with Gasteiger partial charge in [0.1, 0.15) is 0 Å². The van der Waals surface area contributed by atoms with Crippen LogP contribution in [0.3, 0.4) is 0 Å². The Morgan fingerprint density at radius 2 is 2.00 bits per heavy atom. The summed E-state index contributed by atoms with van der Waals surface area (Å²) in [5.41, 5.74) is 2.19. The summed E-state index contributed by atoms with van der Waals surface area (Å²) < 4.78 is 0. The zero-order chi connectivity index (χ0) is 12.5. The van der Waals surface area contributed by atoms with Gasteiger partial charge in [0.25, 0.3) is 0 Å². The predicted molar refractivity (Wildman–Crippen MR) is 69.6 cm³/mol. The summed E-state index contributed by atoms with van der Waals surface area (Å²) in [7, 11) is 0. The molecule has 0 bridgehead atoms. The molecule has 1 unspecified atom stereocenters. The van der Waals surface area contributed by atoms with Gasteiger partial charge in [0.15, 0.2) is 0 Å². The van der Waals surface area contributed by atoms with Crippen molar-refractivity contribution in [1.29, 1.82) is 5.26 Å². The first-order chi connectivity index (χ1) is 8.04. The van der Waals surface area contributed by atoms with Crippen molar-refractivity contribution in [1.82, 2.24) is 4.90 Å². The standard InChI is InChI=1S/C15H20N2/c1-15(2,3)17-10-6-9-14(17)13-8-5-4-7-12(13)11-16/h4-5,7-8,14H,6,9-10H2,1-3H3. The van der Waals surface area contributed by atoms with E-state index in [0.29, 0.717) is 6.04 Å². The third-order valence-electron chi connectivity index (χ3n) is 3.55. The summed E-state index contributed by atoms with van der Waals surface area (Å²) in [5.74, 6) is 0. The lowest BCUT2D eigenvalue weighted by Gasteiger charge is -2.37. The van der Waals surface area contributed by atoms with Crippen LogP contribution in [0.4, 0.5) is 0 Å². The molecule has 90 valence electrons. The molecule has 1 atom stereocenters. The van der Waals surface area contributed by atoms with E-state index in [0.717, 1.165) is 18.5 Å². The molecule has 1 aromatic carbocycles. The molecule has 0 saturated carbocycles. The van der Waals surface area contributed by atoms with Gasteiger partial charge in [-0.15, -0.1) is 0 Å². The minimum atomic E-state index is 0.170. The number of hydrogen-bond acceptors (Lipinski definition) is 2. The quantitative estimate of drug-likeness (QED) is 0.735. The van der Waals surface area contributed by atoms with E-state index in [1.807, 2.05) is 18.2 Å². The molecule has 1 heterocycles. The molecule has 0 aromatic heterocycles. The van der Waals surface area contributed by atoms with Crippen LogP contribution in [0.5, 0.6) is 0 Å². The van der Waals surface area contributed by atoms with Gasteiger partial charge in [-0.05, 0) is 51.8 Å². The van der Waals surface area contributed by atoms with E-state index in [1.54, 1.807) is 0 Å². The fourth-order valence-electron chi connectivity index (χ4n) is 2.78. The highest BCUT2D eigenvalue weighted by Gasteiger charge is 2.34. The van der Waals surface area contributed by atoms with E-state index >= 15 is 0 Å². The van der Waals surface area contributed by atoms with Gasteiger partial charge in [-0.3, -0.25) is 4.90 Å². The normalized spacial score (nSPS) is 21.4. The number of rotatable bonds is 1. The van der Waals surface area contributed by atoms with Crippen LogP contribution in [0.2, 0.25) is 0 Å². The molecule has 1 saturated heterocycles. The Balaban J connectivity index is 2.37. The second kappa shape index (κ2) is 4.50. The fraction of sp³-hybridized carbons (Fsp3) is 0.533. The Hall–Kier alpha value is -1.33. The average molecular weight is 228 g/mol. The zero-order valence-electron chi connectivity index (χ0n) is 10.9. The first-order valence-corrected chi connectivity index (χ1v) is 6.30. The average Bonchev–Trinajstić information content (AvgIpc) is 2.77. The van der Waals surface area contributed by atoms with Gasteiger partial charge in [0.2, 0.25) is 0 Å². The SMILES string of the molecule is CC(C)(C)N1CCCC1c1ccccc1C#N. The Bertz CT molecular complexity index is 437. The second-order valence-corrected chi connectivity index (χ2v) is 5.72. The predicted octanol–water partition coefficient (Wildman–Crippen LogP) is 3.49. The summed E-state index contributed by atoms with van der Waals surface area (Å²) >= 11 is 0. The highest BCUT2D eigenvalue weighted by Crippen LogP contribution is 2.38. The molecule has 2 heteroatoms. The van der Waals surface area contributed by atoms with Crippen LogP contribution in [-0.2, 0) is 0 Å². The van der Waals surface area contributed by atoms with Crippen molar-refractivity contribution < 1.29 is 0 Å². The lowest BCUT2D eigenvalue weighted by molar-refractivity contribution is 0.121. The fourth-order valence-corrected chi connectivity index (χ4v) is 2.78. The number of nitriles is 1. The van der Waals surface area contributed by atoms with Gasteiger partial charge >= 0.3 is 0 Å². The van der Waals surface area contributed by atoms with Crippen molar-refractivity contribution in [2.45, 2.75) is 45.2 Å². The van der Waals surface area contributed by atoms with Gasteiger partial charge in [-0.25, -0.2) is 0 Å². The summed E-state index contributed by atoms with van der Waals surface area (Å²) in [6.07, 6.45) is 2.39. The van der Waals surface area contributed by atoms with Crippen LogP contribution in [0, 0.1) is 11.3 Å². The van der Waals surface area contributed by atoms with E-state index < -0.39 is 0 Å². The molecule has 17 heavy (non-hydrogen) atoms. The smallest absolute Gasteiger partial charge is 0.0995 e. The number of nitrogens with zero attached hydrogens (tertiary/aromatic N) is 2. The molecule has 1 aliphatic heterocycles. The summed E-state index contributed by atoms with van der Waals surface area (Å²) in [4.78, 5) is 2.52. The summed E-state index contributed by atoms with van der Waals surface area (Å²) in [6, 6.07) is 10.7. The number of benzene rings is 1. The van der Waals surface area contributed by atoms with Crippen molar-refractivity contribution in [3.05, 3.63) is 35.4 Å². The monoisotopic (exact) mass is 228 g/mol. The third kappa shape index (κ3) is 2.35. The Morgan fingerprint density at radius 3 is 2.65 bits per heavy atom. The molecular formula is C15H20N2. The molecule has 2 rings (SSSR count). The molecule has 0 amide bonds. The van der Waals surface area contributed by atoms with Gasteiger partial charge in [0, 0.05) is 11.6 Å². The van der Waals surface area contributed by atoms with E-state index in [4.69, 9.17) is 0 Å². The van der Waals surface area contributed by atoms with Crippen LogP contribution in [0.15, 0.2) is 24.3 Å². The Labute approximate surface area is 104 Å². The van der Waals surface area contributed by atoms with Gasteiger partial charge in [-0.1, -0.05) is 18.2 Å². The molecule has 0 aliphatic carbocycles. The molecule has 1 aromatic rings. The first-order valence-electron chi connectivity index (χ1n) is 6.30. The van der Waals surface area contributed by atoms with Gasteiger partial charge < -0.3 is 0 Å². The van der Waals surface area contributed by atoms with Crippen LogP contribution < -0.4 is 0 Å². The molecule has 1 aliphatic rings. The maximum Gasteiger partial charge on any atom is 0.0995 e. The van der Waals surface area contributed by atoms with Gasteiger partial charge in [-0.2, -0.15) is 5.26 Å². The zero-order valence-corrected chi connectivity index (χ0v) is 10.9. The van der Waals surface area contributed by atoms with Crippen molar-refractivity contribution in [3.8, 4) is 6.07 Å². The van der Waals surface area contributed by atoms with Gasteiger partial charge in [0.05, 0.1) is 11.6 Å². The van der Waals surface area contributed by atoms with Crippen molar-refractivity contribution >= 4 is 0 Å². The lowest BCUT2D eigenvalue weighted by Crippen LogP contribution is -2.40. The van der Waals surface area contributed by atoms with E-state index in [9.17, 15) is 5.26 Å². The highest BCUT2D eigenvalue weighted by atomic mass is 15.2. The molecule has 1 fully saturated rings. The van der Waals surface area contributed by atoms with Crippen LogP contribution in [0.25, 0.3) is 0 Å². The third-order valence-corrected chi connectivity index (χ3v) is 3.55. The van der Waals surface area contributed by atoms with Crippen molar-refractivity contribution in [3.63, 3.8) is 0 Å². The molecule has 0 radical (unpaired) electrons. The van der Waals surface area contributed by atoms with Crippen LogP contribution in [0.1, 0.15) is 50.8 Å². The minimum Gasteiger partial charge on any atom is -0.291 e. The van der Waals surface area contributed by atoms with E-state index in [1.165, 1.54) is 12.0 Å². The maximum absolute atomic E-state index is 9.20. The summed E-state index contributed by atoms with van der Waals surface area (Å²) in [6.45, 7) is 7.88. The maximum atomic E-state index is 9.20. The number of hydrogen-bond donors (Lipinski definition) is 0. The first kappa shape index (κ1) is 12.1. The van der Waals surface area contributed by atoms with E-state index in [-0.39, 0.29) is 5.54 Å². The summed E-state index contributed by atoms with van der Waals surface area (Å²) in [5, 5.41) is 9.20.